The lowest BCUT2D eigenvalue weighted by Gasteiger charge is -2.36. The molecule has 2 saturated heterocycles. The van der Waals surface area contributed by atoms with Gasteiger partial charge in [0, 0.05) is 45.3 Å². The Morgan fingerprint density at radius 2 is 1.65 bits per heavy atom. The summed E-state index contributed by atoms with van der Waals surface area (Å²) < 4.78 is 2.33. The Hall–Kier alpha value is -1.89. The second-order valence-electron chi connectivity index (χ2n) is 12.1. The zero-order chi connectivity index (χ0) is 27.5. The Labute approximate surface area is 226 Å². The molecule has 1 unspecified atom stereocenters. The minimum Gasteiger partial charge on any atom is -0.341 e. The second-order valence-corrected chi connectivity index (χ2v) is 12.1. The number of carbonyl (C=O) groups excluding carboxylic acids is 2. The van der Waals surface area contributed by atoms with E-state index in [2.05, 4.69) is 65.4 Å². The van der Waals surface area contributed by atoms with Crippen LogP contribution in [-0.2, 0) is 35.9 Å². The van der Waals surface area contributed by atoms with Gasteiger partial charge in [0.25, 0.3) is 0 Å². The molecule has 0 spiro atoms. The number of rotatable bonds is 10. The Balaban J connectivity index is 0.00000112. The average Bonchev–Trinajstić information content (AvgIpc) is 3.11. The summed E-state index contributed by atoms with van der Waals surface area (Å²) in [7, 11) is 2.17. The normalized spacial score (nSPS) is 19.0. The van der Waals surface area contributed by atoms with Crippen molar-refractivity contribution in [3.05, 3.63) is 17.2 Å². The van der Waals surface area contributed by atoms with E-state index >= 15 is 0 Å². The number of piperazine rings is 1. The lowest BCUT2D eigenvalue weighted by Crippen LogP contribution is -2.57. The summed E-state index contributed by atoms with van der Waals surface area (Å²) in [4.78, 5) is 34.5. The molecule has 212 valence electrons. The van der Waals surface area contributed by atoms with Crippen molar-refractivity contribution in [3.8, 4) is 0 Å². The van der Waals surface area contributed by atoms with Gasteiger partial charge in [0.1, 0.15) is 5.82 Å². The number of hydrogen-bond donors (Lipinski definition) is 1. The number of nitrogens with zero attached hydrogens (tertiary/aromatic N) is 4. The third-order valence-corrected chi connectivity index (χ3v) is 7.22. The van der Waals surface area contributed by atoms with Gasteiger partial charge < -0.3 is 19.7 Å². The van der Waals surface area contributed by atoms with E-state index in [-0.39, 0.29) is 24.4 Å². The maximum absolute atomic E-state index is 12.9. The number of nitrogens with one attached hydrogen (secondary N) is 1. The van der Waals surface area contributed by atoms with E-state index < -0.39 is 0 Å². The van der Waals surface area contributed by atoms with Crippen LogP contribution >= 0.6 is 0 Å². The van der Waals surface area contributed by atoms with Gasteiger partial charge in [-0.1, -0.05) is 61.3 Å². The third-order valence-electron chi connectivity index (χ3n) is 7.22. The van der Waals surface area contributed by atoms with Gasteiger partial charge in [0.15, 0.2) is 0 Å². The first-order valence-electron chi connectivity index (χ1n) is 14.9. The van der Waals surface area contributed by atoms with E-state index in [4.69, 9.17) is 4.98 Å². The maximum atomic E-state index is 12.9. The fourth-order valence-electron chi connectivity index (χ4n) is 5.33. The molecule has 0 radical (unpaired) electrons. The minimum atomic E-state index is -0.148. The predicted octanol–water partition coefficient (Wildman–Crippen LogP) is 4.62. The number of piperidine rings is 1. The van der Waals surface area contributed by atoms with Crippen molar-refractivity contribution in [2.75, 3.05) is 32.7 Å². The monoisotopic (exact) mass is 517 g/mol. The molecule has 2 amide bonds. The quantitative estimate of drug-likeness (QED) is 0.492. The summed E-state index contributed by atoms with van der Waals surface area (Å²) >= 11 is 0. The number of amides is 2. The van der Waals surface area contributed by atoms with Gasteiger partial charge in [-0.15, -0.1) is 0 Å². The molecule has 7 heteroatoms. The summed E-state index contributed by atoms with van der Waals surface area (Å²) in [5, 5.41) is 3.31. The maximum Gasteiger partial charge on any atom is 0.242 e. The molecule has 1 aromatic heterocycles. The molecule has 3 heterocycles. The van der Waals surface area contributed by atoms with E-state index in [1.165, 1.54) is 17.2 Å². The topological polar surface area (TPSA) is 70.5 Å². The van der Waals surface area contributed by atoms with Gasteiger partial charge in [0.05, 0.1) is 18.3 Å². The van der Waals surface area contributed by atoms with Gasteiger partial charge in [-0.05, 0) is 49.9 Å². The van der Waals surface area contributed by atoms with Crippen LogP contribution in [0.2, 0.25) is 0 Å². The highest BCUT2D eigenvalue weighted by Gasteiger charge is 2.32. The minimum absolute atomic E-state index is 0.0822. The van der Waals surface area contributed by atoms with Crippen molar-refractivity contribution in [2.24, 2.45) is 24.8 Å². The van der Waals surface area contributed by atoms with Crippen molar-refractivity contribution in [1.82, 2.24) is 24.7 Å². The van der Waals surface area contributed by atoms with Crippen LogP contribution in [0.15, 0.2) is 0 Å². The Morgan fingerprint density at radius 1 is 1.03 bits per heavy atom. The molecule has 2 fully saturated rings. The molecular weight excluding hydrogens is 462 g/mol. The summed E-state index contributed by atoms with van der Waals surface area (Å²) in [6.07, 6.45) is 8.25. The van der Waals surface area contributed by atoms with Gasteiger partial charge in [0.2, 0.25) is 11.8 Å². The lowest BCUT2D eigenvalue weighted by atomic mass is 9.93. The molecule has 1 N–H and O–H groups in total. The molecule has 3 rings (SSSR count). The smallest absolute Gasteiger partial charge is 0.242 e. The molecule has 37 heavy (non-hydrogen) atoms. The summed E-state index contributed by atoms with van der Waals surface area (Å²) in [6.45, 7) is 18.4. The Morgan fingerprint density at radius 3 is 2.22 bits per heavy atom. The van der Waals surface area contributed by atoms with E-state index in [0.717, 1.165) is 76.9 Å². The Bertz CT molecular complexity index is 837. The molecular formula is C30H55N5O2. The number of aromatic nitrogens is 2. The van der Waals surface area contributed by atoms with E-state index in [1.807, 2.05) is 4.90 Å². The van der Waals surface area contributed by atoms with Crippen molar-refractivity contribution in [3.63, 3.8) is 0 Å². The molecule has 1 aromatic rings. The Kier molecular flexibility index (Phi) is 13.1. The van der Waals surface area contributed by atoms with Crippen molar-refractivity contribution < 1.29 is 9.59 Å². The van der Waals surface area contributed by atoms with Crippen LogP contribution in [0.5, 0.6) is 0 Å². The molecule has 0 aliphatic carbocycles. The van der Waals surface area contributed by atoms with E-state index in [0.29, 0.717) is 18.4 Å². The largest absolute Gasteiger partial charge is 0.341 e. The van der Waals surface area contributed by atoms with Crippen LogP contribution in [0.1, 0.15) is 97.8 Å². The predicted molar refractivity (Wildman–Crippen MR) is 153 cm³/mol. The van der Waals surface area contributed by atoms with Crippen molar-refractivity contribution >= 4 is 11.8 Å². The standard InChI is InChI=1S/C26H45N5O2.C4H10/c1-6-8-21-23(9-7-2)29(5)24(28-21)17-20-10-13-30(14-11-20)25(32)18-31-15-12-27-22(26(31)33)16-19(3)4;1-4(2)3/h19-20,22,27H,6-18H2,1-5H3;4H,1-3H3. The number of hydrogen-bond acceptors (Lipinski definition) is 4. The zero-order valence-corrected chi connectivity index (χ0v) is 25.1. The highest BCUT2D eigenvalue weighted by atomic mass is 16.2. The molecule has 1 atom stereocenters. The zero-order valence-electron chi connectivity index (χ0n) is 25.1. The van der Waals surface area contributed by atoms with Gasteiger partial charge >= 0.3 is 0 Å². The molecule has 2 aliphatic heterocycles. The molecule has 0 saturated carbocycles. The van der Waals surface area contributed by atoms with Crippen LogP contribution in [-0.4, -0.2) is 69.9 Å². The first kappa shape index (κ1) is 31.3. The van der Waals surface area contributed by atoms with Gasteiger partial charge in [-0.2, -0.15) is 0 Å². The SMILES string of the molecule is CC(C)C.CCCc1nc(CC2CCN(C(=O)CN3CCNC(CC(C)C)C3=O)CC2)n(C)c1CCC. The van der Waals surface area contributed by atoms with E-state index in [1.54, 1.807) is 4.90 Å². The average molecular weight is 518 g/mol. The number of likely N-dealkylation sites (tertiary alicyclic amines) is 1. The number of aryl methyl sites for hydroxylation is 1. The summed E-state index contributed by atoms with van der Waals surface area (Å²) in [6, 6.07) is -0.148. The summed E-state index contributed by atoms with van der Waals surface area (Å²) in [5.41, 5.74) is 2.68. The van der Waals surface area contributed by atoms with Crippen molar-refractivity contribution in [2.45, 2.75) is 106 Å². The third kappa shape index (κ3) is 9.73. The first-order valence-corrected chi connectivity index (χ1v) is 14.9. The highest BCUT2D eigenvalue weighted by molar-refractivity contribution is 5.88. The van der Waals surface area contributed by atoms with E-state index in [9.17, 15) is 9.59 Å². The fourth-order valence-corrected chi connectivity index (χ4v) is 5.33. The summed E-state index contributed by atoms with van der Waals surface area (Å²) in [5.74, 6) is 3.23. The van der Waals surface area contributed by atoms with Crippen LogP contribution in [0.25, 0.3) is 0 Å². The number of carbonyl (C=O) groups is 2. The van der Waals surface area contributed by atoms with Crippen molar-refractivity contribution in [1.29, 1.82) is 0 Å². The molecule has 0 bridgehead atoms. The lowest BCUT2D eigenvalue weighted by molar-refractivity contribution is -0.144. The molecule has 0 aromatic carbocycles. The van der Waals surface area contributed by atoms with Crippen LogP contribution in [0, 0.1) is 17.8 Å². The highest BCUT2D eigenvalue weighted by Crippen LogP contribution is 2.24. The second kappa shape index (κ2) is 15.5. The molecule has 7 nitrogen and oxygen atoms in total. The van der Waals surface area contributed by atoms with Crippen LogP contribution in [0.4, 0.5) is 0 Å². The first-order chi connectivity index (χ1) is 17.6. The van der Waals surface area contributed by atoms with Crippen LogP contribution < -0.4 is 5.32 Å². The van der Waals surface area contributed by atoms with Crippen LogP contribution in [0.3, 0.4) is 0 Å². The molecule has 2 aliphatic rings. The van der Waals surface area contributed by atoms with Gasteiger partial charge in [-0.25, -0.2) is 4.98 Å². The van der Waals surface area contributed by atoms with Gasteiger partial charge in [-0.3, -0.25) is 9.59 Å². The fraction of sp³-hybridized carbons (Fsp3) is 0.833. The number of imidazole rings is 1.